The maximum absolute atomic E-state index is 10.6. The van der Waals surface area contributed by atoms with Crippen LogP contribution in [0.5, 0.6) is 0 Å². The number of aliphatic hydroxyl groups excluding tert-OH is 1. The Labute approximate surface area is 106 Å². The van der Waals surface area contributed by atoms with E-state index in [0.29, 0.717) is 0 Å². The molecule has 0 saturated carbocycles. The van der Waals surface area contributed by atoms with Crippen LogP contribution in [0.15, 0.2) is 0 Å². The first-order chi connectivity index (χ1) is 7.96. The second kappa shape index (κ2) is 2.92. The third-order valence-electron chi connectivity index (χ3n) is 4.57. The molecule has 0 aromatic carbocycles. The predicted molar refractivity (Wildman–Crippen MR) is 59.2 cm³/mol. The van der Waals surface area contributed by atoms with Gasteiger partial charge in [0.15, 0.2) is 5.79 Å². The van der Waals surface area contributed by atoms with Crippen molar-refractivity contribution in [3.63, 3.8) is 0 Å². The van der Waals surface area contributed by atoms with Gasteiger partial charge in [0.05, 0.1) is 0 Å². The molecule has 2 N–H and O–H groups in total. The van der Waals surface area contributed by atoms with Crippen molar-refractivity contribution in [3.05, 3.63) is 0 Å². The van der Waals surface area contributed by atoms with Crippen molar-refractivity contribution in [2.24, 2.45) is 0 Å². The van der Waals surface area contributed by atoms with Crippen LogP contribution in [0.25, 0.3) is 0 Å². The maximum Gasteiger partial charge on any atom is 0.226 e. The molecule has 2 unspecified atom stereocenters. The van der Waals surface area contributed by atoms with Gasteiger partial charge in [-0.1, -0.05) is 0 Å². The zero-order valence-electron chi connectivity index (χ0n) is 11.3. The van der Waals surface area contributed by atoms with E-state index < -0.39 is 34.9 Å². The fourth-order valence-electron chi connectivity index (χ4n) is 3.07. The van der Waals surface area contributed by atoms with E-state index in [1.54, 1.807) is 34.6 Å². The molecule has 104 valence electrons. The molecule has 6 nitrogen and oxygen atoms in total. The van der Waals surface area contributed by atoms with Crippen LogP contribution in [-0.2, 0) is 18.9 Å². The Kier molecular flexibility index (Phi) is 2.07. The van der Waals surface area contributed by atoms with Crippen LogP contribution in [0.3, 0.4) is 0 Å². The molecule has 4 aliphatic heterocycles. The summed E-state index contributed by atoms with van der Waals surface area (Å²) in [6.45, 7) is 8.22. The second-order valence-electron chi connectivity index (χ2n) is 6.26. The van der Waals surface area contributed by atoms with Crippen molar-refractivity contribution >= 4 is 0 Å². The molecule has 6 atom stereocenters. The summed E-state index contributed by atoms with van der Waals surface area (Å²) in [5.41, 5.74) is -1.35. The van der Waals surface area contributed by atoms with Crippen LogP contribution >= 0.6 is 0 Å². The molecule has 4 fully saturated rings. The molecule has 6 heteroatoms. The number of hydrogen-bond donors (Lipinski definition) is 2. The minimum absolute atomic E-state index is 0.0339. The Morgan fingerprint density at radius 3 is 1.72 bits per heavy atom. The number of aliphatic hydroxyl groups is 2. The molecule has 0 spiro atoms. The standard InChI is InChI=1S/C12H20O6/c1-8(14)6-7(13)9(2)15-11(4)12(5,16-9)18-10(8,3)17-11/h7,13-14H,6H2,1-5H3/t7-,8-,9?,10?,11-,12+/m0/s1. The van der Waals surface area contributed by atoms with Gasteiger partial charge in [0, 0.05) is 6.42 Å². The van der Waals surface area contributed by atoms with E-state index in [9.17, 15) is 10.2 Å². The van der Waals surface area contributed by atoms with Gasteiger partial charge in [-0.15, -0.1) is 0 Å². The van der Waals surface area contributed by atoms with Gasteiger partial charge in [-0.25, -0.2) is 0 Å². The summed E-state index contributed by atoms with van der Waals surface area (Å²) >= 11 is 0. The second-order valence-corrected chi connectivity index (χ2v) is 6.26. The van der Waals surface area contributed by atoms with Gasteiger partial charge >= 0.3 is 0 Å². The monoisotopic (exact) mass is 260 g/mol. The molecule has 4 aliphatic rings. The fourth-order valence-corrected chi connectivity index (χ4v) is 3.07. The Bertz CT molecular complexity index is 387. The van der Waals surface area contributed by atoms with Crippen LogP contribution in [-0.4, -0.2) is 45.1 Å². The normalized spacial score (nSPS) is 67.2. The molecule has 4 bridgehead atoms. The SMILES string of the molecule is CC12O[C@@]3(C)OC(C)(O[C@@]3(C)O1)[C@@](C)(O)C[C@@H]2O. The van der Waals surface area contributed by atoms with E-state index in [2.05, 4.69) is 0 Å². The highest BCUT2D eigenvalue weighted by atomic mass is 17.0. The zero-order chi connectivity index (χ0) is 13.6. The van der Waals surface area contributed by atoms with Gasteiger partial charge in [0.1, 0.15) is 11.7 Å². The summed E-state index contributed by atoms with van der Waals surface area (Å²) in [4.78, 5) is 0. The van der Waals surface area contributed by atoms with E-state index in [0.717, 1.165) is 0 Å². The van der Waals surface area contributed by atoms with Crippen LogP contribution < -0.4 is 0 Å². The van der Waals surface area contributed by atoms with E-state index in [-0.39, 0.29) is 6.42 Å². The van der Waals surface area contributed by atoms with E-state index in [4.69, 9.17) is 18.9 Å². The molecule has 18 heavy (non-hydrogen) atoms. The van der Waals surface area contributed by atoms with Crippen LogP contribution in [0.1, 0.15) is 41.0 Å². The highest BCUT2D eigenvalue weighted by Crippen LogP contribution is 2.60. The predicted octanol–water partition coefficient (Wildman–Crippen LogP) is 0.460. The van der Waals surface area contributed by atoms with Crippen molar-refractivity contribution in [2.45, 2.75) is 75.9 Å². The molecule has 0 aromatic heterocycles. The number of hydrogen-bond acceptors (Lipinski definition) is 6. The smallest absolute Gasteiger partial charge is 0.226 e. The summed E-state index contributed by atoms with van der Waals surface area (Å²) in [6, 6.07) is 0. The Hall–Kier alpha value is -0.240. The first-order valence-electron chi connectivity index (χ1n) is 6.17. The minimum atomic E-state index is -1.35. The van der Waals surface area contributed by atoms with Crippen molar-refractivity contribution in [3.8, 4) is 0 Å². The maximum atomic E-state index is 10.6. The van der Waals surface area contributed by atoms with Gasteiger partial charge in [0.25, 0.3) is 0 Å². The highest BCUT2D eigenvalue weighted by molar-refractivity contribution is 5.09. The number of rotatable bonds is 0. The Balaban J connectivity index is 2.16. The van der Waals surface area contributed by atoms with Crippen LogP contribution in [0, 0.1) is 0 Å². The van der Waals surface area contributed by atoms with Gasteiger partial charge in [0.2, 0.25) is 17.4 Å². The van der Waals surface area contributed by atoms with Gasteiger partial charge in [-0.3, -0.25) is 0 Å². The molecule has 4 heterocycles. The van der Waals surface area contributed by atoms with Crippen molar-refractivity contribution < 1.29 is 29.2 Å². The first kappa shape index (κ1) is 12.8. The quantitative estimate of drug-likeness (QED) is 0.659. The van der Waals surface area contributed by atoms with Crippen molar-refractivity contribution in [2.75, 3.05) is 0 Å². The molecule has 0 aromatic rings. The van der Waals surface area contributed by atoms with Crippen LogP contribution in [0.4, 0.5) is 0 Å². The zero-order valence-corrected chi connectivity index (χ0v) is 11.3. The summed E-state index contributed by atoms with van der Waals surface area (Å²) in [7, 11) is 0. The molecular weight excluding hydrogens is 240 g/mol. The van der Waals surface area contributed by atoms with E-state index >= 15 is 0 Å². The summed E-state index contributed by atoms with van der Waals surface area (Å²) < 4.78 is 23.2. The molecule has 4 rings (SSSR count). The van der Waals surface area contributed by atoms with Crippen molar-refractivity contribution in [1.82, 2.24) is 0 Å². The van der Waals surface area contributed by atoms with Gasteiger partial charge in [-0.05, 0) is 34.6 Å². The van der Waals surface area contributed by atoms with Crippen LogP contribution in [0.2, 0.25) is 0 Å². The molecule has 0 amide bonds. The highest BCUT2D eigenvalue weighted by Gasteiger charge is 2.77. The average molecular weight is 260 g/mol. The average Bonchev–Trinajstić information content (AvgIpc) is 2.42. The summed E-state index contributed by atoms with van der Waals surface area (Å²) in [6.07, 6.45) is -0.938. The third kappa shape index (κ3) is 1.23. The van der Waals surface area contributed by atoms with Crippen molar-refractivity contribution in [1.29, 1.82) is 0 Å². The minimum Gasteiger partial charge on any atom is -0.387 e. The summed E-state index contributed by atoms with van der Waals surface area (Å²) in [5, 5.41) is 20.8. The largest absolute Gasteiger partial charge is 0.387 e. The van der Waals surface area contributed by atoms with Gasteiger partial charge < -0.3 is 29.2 Å². The topological polar surface area (TPSA) is 77.4 Å². The lowest BCUT2D eigenvalue weighted by Gasteiger charge is -2.46. The Morgan fingerprint density at radius 2 is 1.28 bits per heavy atom. The molecule has 4 saturated heterocycles. The lowest BCUT2D eigenvalue weighted by molar-refractivity contribution is -0.399. The third-order valence-corrected chi connectivity index (χ3v) is 4.57. The lowest BCUT2D eigenvalue weighted by Crippen LogP contribution is -2.60. The number of fused-ring (bicyclic) bond motifs is 2. The van der Waals surface area contributed by atoms with E-state index in [1.807, 2.05) is 0 Å². The fraction of sp³-hybridized carbons (Fsp3) is 1.00. The Morgan fingerprint density at radius 1 is 0.833 bits per heavy atom. The molecule has 0 aliphatic carbocycles. The summed E-state index contributed by atoms with van der Waals surface area (Å²) in [5.74, 6) is -4.88. The lowest BCUT2D eigenvalue weighted by atomic mass is 9.87. The number of ether oxygens (including phenoxy) is 4. The van der Waals surface area contributed by atoms with E-state index in [1.165, 1.54) is 0 Å². The van der Waals surface area contributed by atoms with Gasteiger partial charge in [-0.2, -0.15) is 0 Å². The molecular formula is C12H20O6. The first-order valence-corrected chi connectivity index (χ1v) is 6.17. The molecule has 0 radical (unpaired) electrons.